The van der Waals surface area contributed by atoms with E-state index in [4.69, 9.17) is 16.0 Å². The van der Waals surface area contributed by atoms with E-state index < -0.39 is 5.82 Å². The number of carbonyl (C=O) groups is 1. The van der Waals surface area contributed by atoms with Crippen molar-refractivity contribution in [2.45, 2.75) is 39.0 Å². The summed E-state index contributed by atoms with van der Waals surface area (Å²) in [7, 11) is 0. The molecule has 33 heavy (non-hydrogen) atoms. The van der Waals surface area contributed by atoms with Gasteiger partial charge in [0.1, 0.15) is 12.4 Å². The minimum atomic E-state index is -0.466. The highest BCUT2D eigenvalue weighted by Gasteiger charge is 2.35. The van der Waals surface area contributed by atoms with Crippen LogP contribution in [0.25, 0.3) is 4.85 Å². The number of benzene rings is 2. The van der Waals surface area contributed by atoms with Crippen LogP contribution in [0.3, 0.4) is 0 Å². The molecule has 2 saturated heterocycles. The summed E-state index contributed by atoms with van der Waals surface area (Å²) in [5, 5.41) is 0. The minimum absolute atomic E-state index is 0.0980. The van der Waals surface area contributed by atoms with Gasteiger partial charge < -0.3 is 14.4 Å². The van der Waals surface area contributed by atoms with Gasteiger partial charge in [0.15, 0.2) is 0 Å². The summed E-state index contributed by atoms with van der Waals surface area (Å²) in [6.07, 6.45) is 0.811. The second-order valence-corrected chi connectivity index (χ2v) is 9.20. The lowest BCUT2D eigenvalue weighted by molar-refractivity contribution is -0.0902. The predicted octanol–water partition coefficient (Wildman–Crippen LogP) is 3.96. The lowest BCUT2D eigenvalue weighted by Gasteiger charge is -2.46. The van der Waals surface area contributed by atoms with Gasteiger partial charge in [-0.2, -0.15) is 0 Å². The van der Waals surface area contributed by atoms with Crippen molar-refractivity contribution in [3.63, 3.8) is 0 Å². The van der Waals surface area contributed by atoms with Crippen LogP contribution in [0.2, 0.25) is 0 Å². The van der Waals surface area contributed by atoms with Gasteiger partial charge in [-0.05, 0) is 54.7 Å². The molecule has 172 valence electrons. The Morgan fingerprint density at radius 3 is 2.82 bits per heavy atom. The molecule has 0 saturated carbocycles. The molecule has 3 aliphatic heterocycles. The molecule has 2 atom stereocenters. The fraction of sp³-hybridized carbons (Fsp3) is 0.462. The molecular weight excluding hydrogens is 421 g/mol. The van der Waals surface area contributed by atoms with Crippen molar-refractivity contribution in [3.8, 4) is 0 Å². The van der Waals surface area contributed by atoms with E-state index in [0.29, 0.717) is 30.4 Å². The van der Waals surface area contributed by atoms with Gasteiger partial charge in [-0.25, -0.2) is 14.0 Å². The van der Waals surface area contributed by atoms with Crippen LogP contribution in [0.1, 0.15) is 44.3 Å². The summed E-state index contributed by atoms with van der Waals surface area (Å²) < 4.78 is 25.3. The molecule has 7 heteroatoms. The SMILES string of the molecule is [C-]#[N+]c1c(F)ccc([C@H]2CN3CCN(CCc4ccc5c(c4C)COC5=O)C[C@@H]3CO2)c1C. The predicted molar refractivity (Wildman–Crippen MR) is 122 cm³/mol. The number of carbonyl (C=O) groups excluding carboxylic acids is 1. The maximum atomic E-state index is 13.9. The van der Waals surface area contributed by atoms with Crippen molar-refractivity contribution in [2.24, 2.45) is 0 Å². The number of cyclic esters (lactones) is 1. The monoisotopic (exact) mass is 449 g/mol. The Balaban J connectivity index is 1.20. The van der Waals surface area contributed by atoms with Crippen molar-refractivity contribution < 1.29 is 18.7 Å². The lowest BCUT2D eigenvalue weighted by atomic mass is 9.96. The summed E-state index contributed by atoms with van der Waals surface area (Å²) in [6.45, 7) is 16.8. The number of morpholine rings is 1. The lowest BCUT2D eigenvalue weighted by Crippen LogP contribution is -2.58. The zero-order chi connectivity index (χ0) is 23.1. The van der Waals surface area contributed by atoms with Crippen LogP contribution in [0, 0.1) is 26.2 Å². The largest absolute Gasteiger partial charge is 0.457 e. The molecule has 6 nitrogen and oxygen atoms in total. The summed E-state index contributed by atoms with van der Waals surface area (Å²) in [4.78, 5) is 20.1. The third-order valence-electron chi connectivity index (χ3n) is 7.44. The molecular formula is C26H28FN3O3. The van der Waals surface area contributed by atoms with Crippen LogP contribution in [0.15, 0.2) is 24.3 Å². The second-order valence-electron chi connectivity index (χ2n) is 9.20. The molecule has 0 spiro atoms. The Morgan fingerprint density at radius 1 is 1.15 bits per heavy atom. The Hall–Kier alpha value is -2.79. The number of rotatable bonds is 4. The van der Waals surface area contributed by atoms with Crippen LogP contribution in [-0.2, 0) is 22.5 Å². The smallest absolute Gasteiger partial charge is 0.338 e. The topological polar surface area (TPSA) is 46.4 Å². The number of hydrogen-bond acceptors (Lipinski definition) is 5. The van der Waals surface area contributed by atoms with Gasteiger partial charge in [-0.15, -0.1) is 0 Å². The van der Waals surface area contributed by atoms with E-state index >= 15 is 0 Å². The molecule has 0 unspecified atom stereocenters. The Morgan fingerprint density at radius 2 is 2.00 bits per heavy atom. The molecule has 0 amide bonds. The number of nitrogens with zero attached hydrogens (tertiary/aromatic N) is 3. The van der Waals surface area contributed by atoms with Crippen LogP contribution in [0.4, 0.5) is 10.1 Å². The van der Waals surface area contributed by atoms with Crippen molar-refractivity contribution in [1.29, 1.82) is 0 Å². The second kappa shape index (κ2) is 8.86. The Labute approximate surface area is 193 Å². The quantitative estimate of drug-likeness (QED) is 0.522. The molecule has 0 radical (unpaired) electrons. The van der Waals surface area contributed by atoms with E-state index in [1.54, 1.807) is 6.07 Å². The molecule has 2 aromatic carbocycles. The van der Waals surface area contributed by atoms with E-state index in [9.17, 15) is 9.18 Å². The molecule has 5 rings (SSSR count). The molecule has 0 N–H and O–H groups in total. The fourth-order valence-electron chi connectivity index (χ4n) is 5.36. The third kappa shape index (κ3) is 4.04. The van der Waals surface area contributed by atoms with Crippen molar-refractivity contribution in [2.75, 3.05) is 39.3 Å². The van der Waals surface area contributed by atoms with E-state index in [-0.39, 0.29) is 17.8 Å². The van der Waals surface area contributed by atoms with E-state index in [0.717, 1.165) is 50.3 Å². The number of ether oxygens (including phenoxy) is 2. The molecule has 3 aliphatic rings. The standard InChI is InChI=1S/C26H28FN3O3/c1-16-18(4-5-21-22(16)15-33-26(21)31)8-9-29-10-11-30-13-24(32-14-19(30)12-29)20-6-7-23(27)25(28-3)17(20)2/h4-7,19,24H,8-15H2,1-2H3/t19-,24-/m1/s1. The number of hydrogen-bond donors (Lipinski definition) is 0. The highest BCUT2D eigenvalue weighted by atomic mass is 19.1. The Bertz CT molecular complexity index is 1140. The first-order valence-corrected chi connectivity index (χ1v) is 11.5. The highest BCUT2D eigenvalue weighted by molar-refractivity contribution is 5.93. The molecule has 2 aromatic rings. The van der Waals surface area contributed by atoms with Gasteiger partial charge in [0, 0.05) is 44.3 Å². The number of esters is 1. The average Bonchev–Trinajstić information content (AvgIpc) is 3.20. The maximum Gasteiger partial charge on any atom is 0.338 e. The van der Waals surface area contributed by atoms with Gasteiger partial charge in [0.05, 0.1) is 24.8 Å². The summed E-state index contributed by atoms with van der Waals surface area (Å²) in [5.74, 6) is -0.682. The first kappa shape index (κ1) is 22.0. The highest BCUT2D eigenvalue weighted by Crippen LogP contribution is 2.34. The first-order chi connectivity index (χ1) is 16.0. The fourth-order valence-corrected chi connectivity index (χ4v) is 5.36. The van der Waals surface area contributed by atoms with Crippen LogP contribution in [0.5, 0.6) is 0 Å². The van der Waals surface area contributed by atoms with Crippen molar-refractivity contribution >= 4 is 11.7 Å². The van der Waals surface area contributed by atoms with Gasteiger partial charge >= 0.3 is 5.97 Å². The summed E-state index contributed by atoms with van der Waals surface area (Å²) in [5.41, 5.74) is 5.89. The van der Waals surface area contributed by atoms with Gasteiger partial charge in [-0.1, -0.05) is 12.1 Å². The average molecular weight is 450 g/mol. The summed E-state index contributed by atoms with van der Waals surface area (Å²) in [6, 6.07) is 7.44. The van der Waals surface area contributed by atoms with Gasteiger partial charge in [-0.3, -0.25) is 4.90 Å². The maximum absolute atomic E-state index is 13.9. The van der Waals surface area contributed by atoms with Crippen LogP contribution < -0.4 is 0 Å². The van der Waals surface area contributed by atoms with E-state index in [1.165, 1.54) is 17.2 Å². The summed E-state index contributed by atoms with van der Waals surface area (Å²) >= 11 is 0. The van der Waals surface area contributed by atoms with E-state index in [1.807, 2.05) is 13.0 Å². The molecule has 0 aromatic heterocycles. The van der Waals surface area contributed by atoms with Gasteiger partial charge in [0.25, 0.3) is 0 Å². The van der Waals surface area contributed by atoms with Crippen molar-refractivity contribution in [1.82, 2.24) is 9.80 Å². The first-order valence-electron chi connectivity index (χ1n) is 11.5. The van der Waals surface area contributed by atoms with E-state index in [2.05, 4.69) is 27.6 Å². The Kier molecular flexibility index (Phi) is 5.92. The normalized spacial score (nSPS) is 23.0. The number of halogens is 1. The van der Waals surface area contributed by atoms with Crippen molar-refractivity contribution in [3.05, 3.63) is 74.9 Å². The van der Waals surface area contributed by atoms with Crippen LogP contribution >= 0.6 is 0 Å². The zero-order valence-electron chi connectivity index (χ0n) is 19.1. The number of piperazine rings is 1. The minimum Gasteiger partial charge on any atom is -0.457 e. The van der Waals surface area contributed by atoms with Crippen LogP contribution in [-0.4, -0.2) is 61.1 Å². The zero-order valence-corrected chi connectivity index (χ0v) is 19.1. The number of fused-ring (bicyclic) bond motifs is 2. The molecule has 3 heterocycles. The molecule has 0 bridgehead atoms. The molecule has 2 fully saturated rings. The molecule has 0 aliphatic carbocycles. The van der Waals surface area contributed by atoms with Gasteiger partial charge in [0.2, 0.25) is 5.69 Å². The third-order valence-corrected chi connectivity index (χ3v) is 7.44.